The van der Waals surface area contributed by atoms with Crippen molar-refractivity contribution in [2.24, 2.45) is 0 Å². The van der Waals surface area contributed by atoms with Crippen LogP contribution in [0.1, 0.15) is 41.3 Å². The Kier molecular flexibility index (Phi) is 5.77. The van der Waals surface area contributed by atoms with Crippen LogP contribution in [0.3, 0.4) is 0 Å². The average molecular weight is 432 g/mol. The highest BCUT2D eigenvalue weighted by Gasteiger charge is 2.23. The first-order valence-corrected chi connectivity index (χ1v) is 10.8. The molecule has 0 spiro atoms. The highest BCUT2D eigenvalue weighted by molar-refractivity contribution is 7.22. The Hall–Kier alpha value is -3.58. The Morgan fingerprint density at radius 2 is 1.74 bits per heavy atom. The van der Waals surface area contributed by atoms with Gasteiger partial charge >= 0.3 is 0 Å². The Morgan fingerprint density at radius 1 is 1.03 bits per heavy atom. The fraction of sp³-hybridized carbons (Fsp3) is 0.167. The highest BCUT2D eigenvalue weighted by Crippen LogP contribution is 2.34. The summed E-state index contributed by atoms with van der Waals surface area (Å²) in [6.07, 6.45) is 0. The molecule has 0 fully saturated rings. The zero-order valence-corrected chi connectivity index (χ0v) is 18.0. The number of aromatic nitrogens is 1. The van der Waals surface area contributed by atoms with Crippen LogP contribution in [-0.4, -0.2) is 15.8 Å². The van der Waals surface area contributed by atoms with Crippen LogP contribution >= 0.6 is 11.3 Å². The van der Waals surface area contributed by atoms with E-state index in [-0.39, 0.29) is 11.6 Å². The average Bonchev–Trinajstić information content (AvgIpc) is 3.21. The number of nitrogens with zero attached hydrogens (tertiary/aromatic N) is 3. The predicted octanol–water partition coefficient (Wildman–Crippen LogP) is 6.17. The Labute approximate surface area is 183 Å². The van der Waals surface area contributed by atoms with E-state index < -0.39 is 4.92 Å². The maximum absolute atomic E-state index is 13.4. The number of fused-ring (bicyclic) bond motifs is 1. The molecule has 0 aliphatic heterocycles. The Bertz CT molecular complexity index is 1230. The number of hydrogen-bond donors (Lipinski definition) is 0. The van der Waals surface area contributed by atoms with E-state index in [1.165, 1.54) is 35.6 Å². The first kappa shape index (κ1) is 20.7. The van der Waals surface area contributed by atoms with Gasteiger partial charge in [0.2, 0.25) is 0 Å². The summed E-state index contributed by atoms with van der Waals surface area (Å²) in [5.41, 5.74) is 3.35. The zero-order chi connectivity index (χ0) is 22.0. The number of carbonyl (C=O) groups is 1. The molecular weight excluding hydrogens is 410 g/mol. The summed E-state index contributed by atoms with van der Waals surface area (Å²) in [5, 5.41) is 11.6. The number of para-hydroxylation sites is 1. The lowest BCUT2D eigenvalue weighted by molar-refractivity contribution is -0.384. The number of amides is 1. The van der Waals surface area contributed by atoms with Crippen LogP contribution < -0.4 is 4.90 Å². The minimum atomic E-state index is -0.475. The lowest BCUT2D eigenvalue weighted by Gasteiger charge is -2.20. The molecule has 0 saturated heterocycles. The third-order valence-corrected chi connectivity index (χ3v) is 6.09. The molecular formula is C24H21N3O3S. The van der Waals surface area contributed by atoms with Gasteiger partial charge in [-0.15, -0.1) is 0 Å². The lowest BCUT2D eigenvalue weighted by Crippen LogP contribution is -2.30. The van der Waals surface area contributed by atoms with E-state index in [1.807, 2.05) is 42.5 Å². The largest absolute Gasteiger partial charge is 0.279 e. The summed E-state index contributed by atoms with van der Waals surface area (Å²) in [6.45, 7) is 4.60. The number of carbonyl (C=O) groups excluding carboxylic acids is 1. The number of hydrogen-bond acceptors (Lipinski definition) is 5. The number of benzene rings is 3. The second kappa shape index (κ2) is 8.65. The molecule has 31 heavy (non-hydrogen) atoms. The van der Waals surface area contributed by atoms with Crippen molar-refractivity contribution >= 4 is 38.3 Å². The van der Waals surface area contributed by atoms with Crippen molar-refractivity contribution < 1.29 is 9.72 Å². The van der Waals surface area contributed by atoms with Gasteiger partial charge < -0.3 is 0 Å². The van der Waals surface area contributed by atoms with E-state index in [2.05, 4.69) is 19.9 Å². The van der Waals surface area contributed by atoms with E-state index in [0.717, 1.165) is 21.3 Å². The third-order valence-electron chi connectivity index (χ3n) is 5.05. The minimum absolute atomic E-state index is 0.0484. The smallest absolute Gasteiger partial charge is 0.269 e. The van der Waals surface area contributed by atoms with E-state index >= 15 is 0 Å². The molecule has 0 bridgehead atoms. The van der Waals surface area contributed by atoms with Gasteiger partial charge in [-0.25, -0.2) is 4.98 Å². The van der Waals surface area contributed by atoms with Gasteiger partial charge in [0.25, 0.3) is 11.6 Å². The number of anilines is 1. The molecule has 1 aromatic heterocycles. The predicted molar refractivity (Wildman–Crippen MR) is 124 cm³/mol. The molecule has 0 unspecified atom stereocenters. The normalized spacial score (nSPS) is 11.1. The topological polar surface area (TPSA) is 76.3 Å². The van der Waals surface area contributed by atoms with Gasteiger partial charge in [-0.1, -0.05) is 67.6 Å². The van der Waals surface area contributed by atoms with Crippen LogP contribution in [0.25, 0.3) is 10.2 Å². The fourth-order valence-electron chi connectivity index (χ4n) is 3.41. The number of rotatable bonds is 6. The number of non-ortho nitro benzene ring substituents is 1. The van der Waals surface area contributed by atoms with Crippen molar-refractivity contribution in [3.8, 4) is 0 Å². The molecule has 1 amide bonds. The van der Waals surface area contributed by atoms with E-state index in [4.69, 9.17) is 4.98 Å². The van der Waals surface area contributed by atoms with Gasteiger partial charge in [0.05, 0.1) is 21.7 Å². The summed E-state index contributed by atoms with van der Waals surface area (Å²) >= 11 is 1.47. The van der Waals surface area contributed by atoms with Crippen molar-refractivity contribution in [3.05, 3.63) is 99.6 Å². The maximum Gasteiger partial charge on any atom is 0.269 e. The third kappa shape index (κ3) is 4.32. The summed E-state index contributed by atoms with van der Waals surface area (Å²) < 4.78 is 1.02. The van der Waals surface area contributed by atoms with E-state index in [0.29, 0.717) is 23.2 Å². The maximum atomic E-state index is 13.4. The molecule has 6 nitrogen and oxygen atoms in total. The summed E-state index contributed by atoms with van der Waals surface area (Å²) in [6, 6.07) is 21.5. The van der Waals surface area contributed by atoms with Crippen LogP contribution in [-0.2, 0) is 6.54 Å². The van der Waals surface area contributed by atoms with E-state index in [1.54, 1.807) is 4.90 Å². The molecule has 0 N–H and O–H groups in total. The van der Waals surface area contributed by atoms with Crippen molar-refractivity contribution in [3.63, 3.8) is 0 Å². The Morgan fingerprint density at radius 3 is 2.39 bits per heavy atom. The molecule has 4 aromatic rings. The molecule has 4 rings (SSSR count). The molecule has 3 aromatic carbocycles. The fourth-order valence-corrected chi connectivity index (χ4v) is 4.41. The number of thiazole rings is 1. The van der Waals surface area contributed by atoms with Crippen LogP contribution in [0, 0.1) is 10.1 Å². The van der Waals surface area contributed by atoms with Gasteiger partial charge in [0.15, 0.2) is 5.13 Å². The van der Waals surface area contributed by atoms with Crippen LogP contribution in [0.2, 0.25) is 0 Å². The van der Waals surface area contributed by atoms with Crippen molar-refractivity contribution in [1.29, 1.82) is 0 Å². The molecule has 156 valence electrons. The molecule has 0 aliphatic carbocycles. The van der Waals surface area contributed by atoms with Gasteiger partial charge in [0, 0.05) is 17.7 Å². The molecule has 0 saturated carbocycles. The zero-order valence-electron chi connectivity index (χ0n) is 17.2. The first-order valence-electron chi connectivity index (χ1n) is 9.93. The lowest BCUT2D eigenvalue weighted by atomic mass is 10.0. The van der Waals surface area contributed by atoms with E-state index in [9.17, 15) is 14.9 Å². The van der Waals surface area contributed by atoms with Crippen LogP contribution in [0.15, 0.2) is 72.8 Å². The number of nitro groups is 1. The SMILES string of the molecule is CC(C)c1cccc2sc(N(Cc3ccccc3)C(=O)c3ccc([N+](=O)[O-])cc3)nc12. The standard InChI is InChI=1S/C24H21N3O3S/c1-16(2)20-9-6-10-21-22(20)25-24(31-21)26(15-17-7-4-3-5-8-17)23(28)18-11-13-19(14-12-18)27(29)30/h3-14,16H,15H2,1-2H3. The molecule has 0 aliphatic rings. The van der Waals surface area contributed by atoms with Gasteiger partial charge in [0.1, 0.15) is 0 Å². The second-order valence-corrected chi connectivity index (χ2v) is 8.54. The van der Waals surface area contributed by atoms with Gasteiger partial charge in [-0.3, -0.25) is 19.8 Å². The van der Waals surface area contributed by atoms with Crippen molar-refractivity contribution in [2.45, 2.75) is 26.3 Å². The molecule has 1 heterocycles. The second-order valence-electron chi connectivity index (χ2n) is 7.53. The molecule has 0 atom stereocenters. The quantitative estimate of drug-likeness (QED) is 0.270. The molecule has 0 radical (unpaired) electrons. The van der Waals surface area contributed by atoms with Crippen LogP contribution in [0.5, 0.6) is 0 Å². The van der Waals surface area contributed by atoms with Gasteiger partial charge in [-0.2, -0.15) is 0 Å². The highest BCUT2D eigenvalue weighted by atomic mass is 32.1. The van der Waals surface area contributed by atoms with Gasteiger partial charge in [-0.05, 0) is 35.2 Å². The summed E-state index contributed by atoms with van der Waals surface area (Å²) in [5.74, 6) is 0.0653. The Balaban J connectivity index is 1.77. The summed E-state index contributed by atoms with van der Waals surface area (Å²) in [4.78, 5) is 30.4. The van der Waals surface area contributed by atoms with Crippen molar-refractivity contribution in [1.82, 2.24) is 4.98 Å². The first-order chi connectivity index (χ1) is 14.9. The molecule has 7 heteroatoms. The minimum Gasteiger partial charge on any atom is -0.279 e. The van der Waals surface area contributed by atoms with Crippen LogP contribution in [0.4, 0.5) is 10.8 Å². The number of nitro benzene ring substituents is 1. The summed E-state index contributed by atoms with van der Waals surface area (Å²) in [7, 11) is 0. The van der Waals surface area contributed by atoms with Crippen molar-refractivity contribution in [2.75, 3.05) is 4.90 Å². The monoisotopic (exact) mass is 431 g/mol.